The van der Waals surface area contributed by atoms with E-state index in [1.165, 1.54) is 26.3 Å². The molecule has 0 aliphatic carbocycles. The molecule has 0 aromatic heterocycles. The van der Waals surface area contributed by atoms with E-state index in [1.54, 1.807) is 11.0 Å². The number of piperidine rings is 1. The molecule has 8 heteroatoms. The van der Waals surface area contributed by atoms with E-state index in [4.69, 9.17) is 4.74 Å². The molecule has 7 nitrogen and oxygen atoms in total. The molecule has 2 rings (SSSR count). The zero-order valence-corrected chi connectivity index (χ0v) is 14.4. The number of benzene rings is 1. The number of methoxy groups -OCH3 is 1. The van der Waals surface area contributed by atoms with Gasteiger partial charge < -0.3 is 15.0 Å². The minimum absolute atomic E-state index is 0.0319. The lowest BCUT2D eigenvalue weighted by Gasteiger charge is -2.32. The first-order valence-corrected chi connectivity index (χ1v) is 8.99. The molecule has 1 aromatic rings. The molecule has 128 valence electrons. The molecule has 2 N–H and O–H groups in total. The monoisotopic (exact) mass is 341 g/mol. The quantitative estimate of drug-likeness (QED) is 0.811. The van der Waals surface area contributed by atoms with Gasteiger partial charge in [0.05, 0.1) is 7.11 Å². The van der Waals surface area contributed by atoms with Crippen LogP contribution in [0.1, 0.15) is 23.2 Å². The summed E-state index contributed by atoms with van der Waals surface area (Å²) in [7, 11) is 0.899. The molecule has 0 bridgehead atoms. The number of nitrogens with one attached hydrogen (secondary N) is 2. The molecule has 0 saturated carbocycles. The molecular formula is C15H23N3O4S. The highest BCUT2D eigenvalue weighted by Gasteiger charge is 2.26. The van der Waals surface area contributed by atoms with Gasteiger partial charge in [0, 0.05) is 24.7 Å². The van der Waals surface area contributed by atoms with Crippen LogP contribution in [0.5, 0.6) is 5.75 Å². The smallest absolute Gasteiger partial charge is 0.253 e. The topological polar surface area (TPSA) is 87.7 Å². The standard InChI is InChI=1S/C15H23N3O4S/c1-16-12-5-4-8-18(10-12)15(19)11-6-7-13(22-3)14(9-11)23(20,21)17-2/h6-7,9,12,16-17H,4-5,8,10H2,1-3H3. The average Bonchev–Trinajstić information content (AvgIpc) is 2.60. The summed E-state index contributed by atoms with van der Waals surface area (Å²) < 4.78 is 31.6. The maximum absolute atomic E-state index is 12.7. The zero-order chi connectivity index (χ0) is 17.0. The molecule has 1 atom stereocenters. The highest BCUT2D eigenvalue weighted by atomic mass is 32.2. The van der Waals surface area contributed by atoms with Gasteiger partial charge in [-0.25, -0.2) is 13.1 Å². The molecule has 1 unspecified atom stereocenters. The third-order valence-electron chi connectivity index (χ3n) is 4.09. The van der Waals surface area contributed by atoms with Crippen molar-refractivity contribution in [1.82, 2.24) is 14.9 Å². The summed E-state index contributed by atoms with van der Waals surface area (Å²) in [6.07, 6.45) is 1.96. The predicted molar refractivity (Wildman–Crippen MR) is 87.2 cm³/mol. The van der Waals surface area contributed by atoms with Crippen molar-refractivity contribution < 1.29 is 17.9 Å². The number of rotatable bonds is 5. The van der Waals surface area contributed by atoms with Crippen LogP contribution in [-0.2, 0) is 10.0 Å². The largest absolute Gasteiger partial charge is 0.495 e. The van der Waals surface area contributed by atoms with E-state index in [-0.39, 0.29) is 22.6 Å². The number of ether oxygens (including phenoxy) is 1. The molecule has 23 heavy (non-hydrogen) atoms. The SMILES string of the molecule is CNC1CCCN(C(=O)c2ccc(OC)c(S(=O)(=O)NC)c2)C1. The number of likely N-dealkylation sites (N-methyl/N-ethyl adjacent to an activating group) is 1. The molecule has 1 heterocycles. The van der Waals surface area contributed by atoms with Crippen molar-refractivity contribution in [3.63, 3.8) is 0 Å². The van der Waals surface area contributed by atoms with E-state index in [0.717, 1.165) is 12.8 Å². The van der Waals surface area contributed by atoms with Gasteiger partial charge >= 0.3 is 0 Å². The third kappa shape index (κ3) is 3.82. The summed E-state index contributed by atoms with van der Waals surface area (Å²) in [5, 5.41) is 3.18. The van der Waals surface area contributed by atoms with Crippen LogP contribution in [0.2, 0.25) is 0 Å². The summed E-state index contributed by atoms with van der Waals surface area (Å²) >= 11 is 0. The fourth-order valence-corrected chi connectivity index (χ4v) is 3.63. The van der Waals surface area contributed by atoms with E-state index in [9.17, 15) is 13.2 Å². The summed E-state index contributed by atoms with van der Waals surface area (Å²) in [6, 6.07) is 4.75. The summed E-state index contributed by atoms with van der Waals surface area (Å²) in [5.74, 6) is 0.0443. The van der Waals surface area contributed by atoms with E-state index < -0.39 is 10.0 Å². The van der Waals surface area contributed by atoms with Crippen molar-refractivity contribution in [2.24, 2.45) is 0 Å². The molecule has 0 radical (unpaired) electrons. The Hall–Kier alpha value is -1.64. The van der Waals surface area contributed by atoms with Gasteiger partial charge in [-0.2, -0.15) is 0 Å². The Morgan fingerprint density at radius 2 is 2.09 bits per heavy atom. The Balaban J connectivity index is 2.33. The van der Waals surface area contributed by atoms with Crippen LogP contribution in [0, 0.1) is 0 Å². The fraction of sp³-hybridized carbons (Fsp3) is 0.533. The highest BCUT2D eigenvalue weighted by molar-refractivity contribution is 7.89. The second-order valence-electron chi connectivity index (χ2n) is 5.45. The molecule has 1 aliphatic heterocycles. The van der Waals surface area contributed by atoms with Crippen LogP contribution in [0.25, 0.3) is 0 Å². The summed E-state index contributed by atoms with van der Waals surface area (Å²) in [5.41, 5.74) is 0.344. The van der Waals surface area contributed by atoms with E-state index in [0.29, 0.717) is 18.7 Å². The summed E-state index contributed by atoms with van der Waals surface area (Å²) in [6.45, 7) is 1.30. The molecule has 1 fully saturated rings. The van der Waals surface area contributed by atoms with Gasteiger partial charge in [-0.05, 0) is 45.1 Å². The Labute approximate surface area is 137 Å². The van der Waals surface area contributed by atoms with Crippen LogP contribution >= 0.6 is 0 Å². The number of hydrogen-bond acceptors (Lipinski definition) is 5. The lowest BCUT2D eigenvalue weighted by atomic mass is 10.0. The number of hydrogen-bond donors (Lipinski definition) is 2. The maximum atomic E-state index is 12.7. The van der Waals surface area contributed by atoms with Gasteiger partial charge in [-0.1, -0.05) is 0 Å². The van der Waals surface area contributed by atoms with Gasteiger partial charge in [-0.3, -0.25) is 4.79 Å². The highest BCUT2D eigenvalue weighted by Crippen LogP contribution is 2.25. The van der Waals surface area contributed by atoms with Crippen molar-refractivity contribution in [3.8, 4) is 5.75 Å². The van der Waals surface area contributed by atoms with Crippen LogP contribution in [-0.4, -0.2) is 59.6 Å². The first-order valence-electron chi connectivity index (χ1n) is 7.51. The van der Waals surface area contributed by atoms with Crippen LogP contribution < -0.4 is 14.8 Å². The number of sulfonamides is 1. The van der Waals surface area contributed by atoms with Gasteiger partial charge in [0.25, 0.3) is 5.91 Å². The van der Waals surface area contributed by atoms with Gasteiger partial charge in [0.2, 0.25) is 10.0 Å². The second kappa shape index (κ2) is 7.29. The van der Waals surface area contributed by atoms with Crippen molar-refractivity contribution in [2.45, 2.75) is 23.8 Å². The number of amides is 1. The second-order valence-corrected chi connectivity index (χ2v) is 7.31. The van der Waals surface area contributed by atoms with Crippen molar-refractivity contribution in [3.05, 3.63) is 23.8 Å². The van der Waals surface area contributed by atoms with Crippen molar-refractivity contribution >= 4 is 15.9 Å². The van der Waals surface area contributed by atoms with E-state index in [1.807, 2.05) is 7.05 Å². The predicted octanol–water partition coefficient (Wildman–Crippen LogP) is 0.427. The number of carbonyl (C=O) groups excluding carboxylic acids is 1. The van der Waals surface area contributed by atoms with Crippen molar-refractivity contribution in [1.29, 1.82) is 0 Å². The Kier molecular flexibility index (Phi) is 5.61. The van der Waals surface area contributed by atoms with Gasteiger partial charge in [0.1, 0.15) is 10.6 Å². The first-order chi connectivity index (χ1) is 10.9. The normalized spacial score (nSPS) is 18.7. The Morgan fingerprint density at radius 1 is 1.35 bits per heavy atom. The Morgan fingerprint density at radius 3 is 2.70 bits per heavy atom. The van der Waals surface area contributed by atoms with Gasteiger partial charge in [0.15, 0.2) is 0 Å². The lowest BCUT2D eigenvalue weighted by Crippen LogP contribution is -2.47. The van der Waals surface area contributed by atoms with Crippen molar-refractivity contribution in [2.75, 3.05) is 34.3 Å². The summed E-state index contributed by atoms with van der Waals surface area (Å²) in [4.78, 5) is 14.4. The first kappa shape index (κ1) is 17.7. The lowest BCUT2D eigenvalue weighted by molar-refractivity contribution is 0.0698. The molecule has 1 aliphatic rings. The number of nitrogens with zero attached hydrogens (tertiary/aromatic N) is 1. The third-order valence-corrected chi connectivity index (χ3v) is 5.52. The molecule has 1 saturated heterocycles. The molecule has 1 amide bonds. The average molecular weight is 341 g/mol. The number of carbonyl (C=O) groups is 1. The van der Waals surface area contributed by atoms with Gasteiger partial charge in [-0.15, -0.1) is 0 Å². The maximum Gasteiger partial charge on any atom is 0.253 e. The molecular weight excluding hydrogens is 318 g/mol. The minimum Gasteiger partial charge on any atom is -0.495 e. The minimum atomic E-state index is -3.70. The fourth-order valence-electron chi connectivity index (χ4n) is 2.71. The van der Waals surface area contributed by atoms with Crippen LogP contribution in [0.15, 0.2) is 23.1 Å². The molecule has 1 aromatic carbocycles. The van der Waals surface area contributed by atoms with E-state index >= 15 is 0 Å². The van der Waals surface area contributed by atoms with E-state index in [2.05, 4.69) is 10.0 Å². The zero-order valence-electron chi connectivity index (χ0n) is 13.6. The van der Waals surface area contributed by atoms with Crippen LogP contribution in [0.3, 0.4) is 0 Å². The number of likely N-dealkylation sites (tertiary alicyclic amines) is 1. The van der Waals surface area contributed by atoms with Crippen LogP contribution in [0.4, 0.5) is 0 Å². The Bertz CT molecular complexity index is 675. The molecule has 0 spiro atoms.